The average Bonchev–Trinajstić information content (AvgIpc) is 3.39. The van der Waals surface area contributed by atoms with Gasteiger partial charge in [-0.25, -0.2) is 4.79 Å². The molecule has 1 aliphatic carbocycles. The van der Waals surface area contributed by atoms with Crippen molar-refractivity contribution >= 4 is 23.6 Å². The van der Waals surface area contributed by atoms with Crippen molar-refractivity contribution in [3.05, 3.63) is 48.0 Å². The second-order valence-electron chi connectivity index (χ2n) is 9.48. The number of fused-ring (bicyclic) bond motifs is 1. The predicted octanol–water partition coefficient (Wildman–Crippen LogP) is -0.299. The third-order valence-electron chi connectivity index (χ3n) is 7.08. The Morgan fingerprint density at radius 3 is 2.40 bits per heavy atom. The highest BCUT2D eigenvalue weighted by atomic mass is 16.3. The van der Waals surface area contributed by atoms with E-state index in [1.807, 2.05) is 38.1 Å². The first-order valence-electron chi connectivity index (χ1n) is 11.9. The van der Waals surface area contributed by atoms with E-state index in [4.69, 9.17) is 5.73 Å². The number of Topliss-reactive ketones (excluding diaryl/α,β-unsaturated/α-hetero) is 1. The predicted molar refractivity (Wildman–Crippen MR) is 130 cm³/mol. The maximum Gasteiger partial charge on any atom is 0.312 e. The van der Waals surface area contributed by atoms with Gasteiger partial charge < -0.3 is 26.4 Å². The van der Waals surface area contributed by atoms with Gasteiger partial charge in [0.05, 0.1) is 6.54 Å². The lowest BCUT2D eigenvalue weighted by atomic mass is 9.92. The lowest BCUT2D eigenvalue weighted by Crippen LogP contribution is -2.58. The first kappa shape index (κ1) is 26.4. The number of primary amides is 1. The Balaban J connectivity index is 1.74. The zero-order valence-electron chi connectivity index (χ0n) is 20.2. The van der Waals surface area contributed by atoms with Gasteiger partial charge in [-0.3, -0.25) is 19.7 Å². The number of benzene rings is 1. The van der Waals surface area contributed by atoms with E-state index >= 15 is 0 Å². The number of rotatable bonds is 10. The molecule has 10 heteroatoms. The number of carbonyl (C=O) groups excluding carboxylic acids is 4. The number of likely N-dealkylation sites (tertiary alicyclic amines) is 1. The first-order valence-corrected chi connectivity index (χ1v) is 11.9. The topological polar surface area (TPSA) is 154 Å². The highest BCUT2D eigenvalue weighted by Gasteiger charge is 2.47. The van der Waals surface area contributed by atoms with E-state index in [-0.39, 0.29) is 36.8 Å². The molecule has 1 aromatic rings. The Labute approximate surface area is 205 Å². The van der Waals surface area contributed by atoms with E-state index < -0.39 is 36.0 Å². The molecule has 10 nitrogen and oxygen atoms in total. The van der Waals surface area contributed by atoms with Gasteiger partial charge in [-0.2, -0.15) is 0 Å². The van der Waals surface area contributed by atoms with Crippen LogP contribution < -0.4 is 21.7 Å². The fourth-order valence-corrected chi connectivity index (χ4v) is 5.02. The molecule has 0 bridgehead atoms. The van der Waals surface area contributed by atoms with Crippen molar-refractivity contribution in [2.24, 2.45) is 23.5 Å². The van der Waals surface area contributed by atoms with Crippen LogP contribution in [-0.4, -0.2) is 71.6 Å². The minimum atomic E-state index is -1.43. The van der Waals surface area contributed by atoms with Gasteiger partial charge in [0, 0.05) is 13.1 Å². The Morgan fingerprint density at radius 1 is 1.20 bits per heavy atom. The lowest BCUT2D eigenvalue weighted by Gasteiger charge is -2.32. The number of hydrogen-bond acceptors (Lipinski definition) is 6. The number of aliphatic hydroxyl groups is 1. The third kappa shape index (κ3) is 6.07. The number of nitrogens with zero attached hydrogens (tertiary/aromatic N) is 1. The number of amides is 4. The number of hydrogen-bond donors (Lipinski definition) is 5. The van der Waals surface area contributed by atoms with Crippen LogP contribution in [0.3, 0.4) is 0 Å². The van der Waals surface area contributed by atoms with E-state index in [1.165, 1.54) is 11.0 Å². The number of urea groups is 1. The summed E-state index contributed by atoms with van der Waals surface area (Å²) in [6.45, 7) is 7.53. The number of carbonyl (C=O) groups is 4. The van der Waals surface area contributed by atoms with Crippen LogP contribution >= 0.6 is 0 Å². The quantitative estimate of drug-likeness (QED) is 0.227. The molecule has 4 amide bonds. The van der Waals surface area contributed by atoms with Crippen LogP contribution in [0.2, 0.25) is 0 Å². The molecule has 0 saturated carbocycles. The molecule has 1 saturated heterocycles. The molecule has 35 heavy (non-hydrogen) atoms. The standard InChI is InChI=1S/C25H35N5O5/c1-4-9-27-22(32)19(31)12-28-23(33)21-15(3)14(2)13-30(21)24(34)20(29-25(26)35)18-10-16-7-5-6-8-17(16)11-18/h4-8,14-15,18,20-22,27,32H,1,9-13H2,2-3H3,(H,28,33)(H3,26,29,35)/t14-,15-,20-,21-,22?/m0/s1. The molecular formula is C25H35N5O5. The van der Waals surface area contributed by atoms with Crippen molar-refractivity contribution < 1.29 is 24.3 Å². The number of ketones is 1. The minimum absolute atomic E-state index is 0.0280. The molecule has 0 radical (unpaired) electrons. The molecule has 1 fully saturated rings. The van der Waals surface area contributed by atoms with Crippen LogP contribution in [0.5, 0.6) is 0 Å². The summed E-state index contributed by atoms with van der Waals surface area (Å²) in [5.41, 5.74) is 7.67. The molecule has 190 valence electrons. The number of nitrogens with two attached hydrogens (primary N) is 1. The summed E-state index contributed by atoms with van der Waals surface area (Å²) >= 11 is 0. The summed E-state index contributed by atoms with van der Waals surface area (Å²) in [6, 6.07) is 5.40. The highest BCUT2D eigenvalue weighted by molar-refractivity contribution is 5.95. The van der Waals surface area contributed by atoms with Crippen molar-refractivity contribution in [3.63, 3.8) is 0 Å². The van der Waals surface area contributed by atoms with Gasteiger partial charge in [0.25, 0.3) is 0 Å². The summed E-state index contributed by atoms with van der Waals surface area (Å²) in [6.07, 6.45) is 1.30. The summed E-state index contributed by atoms with van der Waals surface area (Å²) in [5.74, 6) is -1.78. The van der Waals surface area contributed by atoms with Crippen LogP contribution in [0.25, 0.3) is 0 Å². The molecule has 0 spiro atoms. The van der Waals surface area contributed by atoms with Crippen molar-refractivity contribution in [3.8, 4) is 0 Å². The molecule has 2 aliphatic rings. The molecule has 1 aliphatic heterocycles. The summed E-state index contributed by atoms with van der Waals surface area (Å²) in [4.78, 5) is 52.3. The maximum absolute atomic E-state index is 13.7. The largest absolute Gasteiger partial charge is 0.371 e. The van der Waals surface area contributed by atoms with Crippen molar-refractivity contribution in [2.45, 2.75) is 45.0 Å². The molecule has 3 rings (SSSR count). The van der Waals surface area contributed by atoms with Crippen LogP contribution in [0.15, 0.2) is 36.9 Å². The van der Waals surface area contributed by atoms with Gasteiger partial charge in [-0.05, 0) is 41.7 Å². The molecule has 6 N–H and O–H groups in total. The van der Waals surface area contributed by atoms with Gasteiger partial charge >= 0.3 is 6.03 Å². The molecule has 1 unspecified atom stereocenters. The second kappa shape index (κ2) is 11.5. The lowest BCUT2D eigenvalue weighted by molar-refractivity contribution is -0.142. The van der Waals surface area contributed by atoms with E-state index in [1.54, 1.807) is 0 Å². The Morgan fingerprint density at radius 2 is 1.83 bits per heavy atom. The maximum atomic E-state index is 13.7. The van der Waals surface area contributed by atoms with Crippen LogP contribution in [0, 0.1) is 17.8 Å². The van der Waals surface area contributed by atoms with Crippen LogP contribution in [0.1, 0.15) is 25.0 Å². The van der Waals surface area contributed by atoms with E-state index in [2.05, 4.69) is 22.5 Å². The van der Waals surface area contributed by atoms with Gasteiger partial charge in [-0.1, -0.05) is 44.2 Å². The summed E-state index contributed by atoms with van der Waals surface area (Å²) < 4.78 is 0. The van der Waals surface area contributed by atoms with Gasteiger partial charge in [-0.15, -0.1) is 6.58 Å². The van der Waals surface area contributed by atoms with E-state index in [0.717, 1.165) is 11.1 Å². The van der Waals surface area contributed by atoms with Gasteiger partial charge in [0.15, 0.2) is 12.0 Å². The average molecular weight is 486 g/mol. The van der Waals surface area contributed by atoms with Crippen molar-refractivity contribution in [1.82, 2.24) is 20.9 Å². The van der Waals surface area contributed by atoms with Gasteiger partial charge in [0.1, 0.15) is 12.1 Å². The number of aliphatic hydroxyl groups excluding tert-OH is 1. The normalized spacial score (nSPS) is 23.3. The first-order chi connectivity index (χ1) is 16.6. The third-order valence-corrected chi connectivity index (χ3v) is 7.08. The minimum Gasteiger partial charge on any atom is -0.371 e. The summed E-state index contributed by atoms with van der Waals surface area (Å²) in [5, 5.41) is 17.6. The van der Waals surface area contributed by atoms with Crippen LogP contribution in [0.4, 0.5) is 4.79 Å². The monoisotopic (exact) mass is 485 g/mol. The Kier molecular flexibility index (Phi) is 8.63. The zero-order valence-corrected chi connectivity index (χ0v) is 20.2. The fourth-order valence-electron chi connectivity index (χ4n) is 5.02. The van der Waals surface area contributed by atoms with Crippen molar-refractivity contribution in [2.75, 3.05) is 19.6 Å². The zero-order chi connectivity index (χ0) is 25.7. The molecule has 5 atom stereocenters. The van der Waals surface area contributed by atoms with E-state index in [0.29, 0.717) is 19.4 Å². The Bertz CT molecular complexity index is 958. The smallest absolute Gasteiger partial charge is 0.312 e. The number of nitrogens with one attached hydrogen (secondary N) is 3. The molecule has 1 aromatic carbocycles. The van der Waals surface area contributed by atoms with Crippen LogP contribution in [-0.2, 0) is 27.2 Å². The molecule has 1 heterocycles. The Hall–Kier alpha value is -3.24. The summed E-state index contributed by atoms with van der Waals surface area (Å²) in [7, 11) is 0. The second-order valence-corrected chi connectivity index (χ2v) is 9.48. The highest BCUT2D eigenvalue weighted by Crippen LogP contribution is 2.33. The van der Waals surface area contributed by atoms with E-state index in [9.17, 15) is 24.3 Å². The molecule has 0 aromatic heterocycles. The fraction of sp³-hybridized carbons (Fsp3) is 0.520. The SMILES string of the molecule is C=CCNC(O)C(=O)CNC(=O)[C@@H]1[C@@H](C)[C@@H](C)CN1C(=O)[C@@H](NC(N)=O)C1Cc2ccccc2C1. The van der Waals surface area contributed by atoms with Crippen molar-refractivity contribution in [1.29, 1.82) is 0 Å². The molecular weight excluding hydrogens is 450 g/mol. The van der Waals surface area contributed by atoms with Gasteiger partial charge in [0.2, 0.25) is 11.8 Å².